The van der Waals surface area contributed by atoms with Crippen molar-refractivity contribution in [3.63, 3.8) is 0 Å². The van der Waals surface area contributed by atoms with E-state index in [0.717, 1.165) is 71.1 Å². The number of unbranched alkanes of at least 4 members (excludes halogenated alkanes) is 4. The molecule has 0 aromatic carbocycles. The summed E-state index contributed by atoms with van der Waals surface area (Å²) in [5, 5.41) is 0. The second-order valence-electron chi connectivity index (χ2n) is 5.83. The van der Waals surface area contributed by atoms with Crippen LogP contribution >= 0.6 is 0 Å². The molecule has 0 aliphatic carbocycles. The number of hydrogen-bond donors (Lipinski definition) is 0. The van der Waals surface area contributed by atoms with Crippen LogP contribution < -0.4 is 0 Å². The van der Waals surface area contributed by atoms with Gasteiger partial charge in [-0.2, -0.15) is 0 Å². The van der Waals surface area contributed by atoms with Gasteiger partial charge in [0.25, 0.3) is 0 Å². The summed E-state index contributed by atoms with van der Waals surface area (Å²) in [6.45, 7) is 14.5. The molecule has 0 saturated carbocycles. The largest absolute Gasteiger partial charge is 0.339 e. The minimum atomic E-state index is 0.0184. The maximum absolute atomic E-state index is 11.8. The normalized spacial score (nSPS) is 10.2. The second kappa shape index (κ2) is 14.0. The zero-order valence-corrected chi connectivity index (χ0v) is 15.1. The molecule has 0 bridgehead atoms. The van der Waals surface area contributed by atoms with Gasteiger partial charge in [0.1, 0.15) is 0 Å². The SMILES string of the molecule is C=CC(=O)N(CCCC)CCCCCN(CCCC)C(=O)C=C. The summed E-state index contributed by atoms with van der Waals surface area (Å²) < 4.78 is 0. The first-order valence-corrected chi connectivity index (χ1v) is 8.93. The van der Waals surface area contributed by atoms with E-state index in [2.05, 4.69) is 27.0 Å². The molecule has 0 rings (SSSR count). The summed E-state index contributed by atoms with van der Waals surface area (Å²) in [4.78, 5) is 27.3. The van der Waals surface area contributed by atoms with Gasteiger partial charge in [-0.05, 0) is 44.3 Å². The highest BCUT2D eigenvalue weighted by Crippen LogP contribution is 2.05. The second-order valence-corrected chi connectivity index (χ2v) is 5.83. The van der Waals surface area contributed by atoms with E-state index in [1.807, 2.05) is 9.80 Å². The fourth-order valence-corrected chi connectivity index (χ4v) is 2.40. The van der Waals surface area contributed by atoms with E-state index in [1.165, 1.54) is 12.2 Å². The van der Waals surface area contributed by atoms with Crippen molar-refractivity contribution in [3.05, 3.63) is 25.3 Å². The zero-order valence-electron chi connectivity index (χ0n) is 15.1. The zero-order chi connectivity index (χ0) is 17.5. The summed E-state index contributed by atoms with van der Waals surface area (Å²) >= 11 is 0. The van der Waals surface area contributed by atoms with Gasteiger partial charge in [-0.25, -0.2) is 0 Å². The van der Waals surface area contributed by atoms with Crippen LogP contribution in [0, 0.1) is 0 Å². The average Bonchev–Trinajstić information content (AvgIpc) is 2.58. The van der Waals surface area contributed by atoms with Crippen LogP contribution in [0.4, 0.5) is 0 Å². The third kappa shape index (κ3) is 9.93. The third-order valence-electron chi connectivity index (χ3n) is 3.89. The van der Waals surface area contributed by atoms with Crippen molar-refractivity contribution in [1.29, 1.82) is 0 Å². The molecule has 0 fully saturated rings. The fraction of sp³-hybridized carbons (Fsp3) is 0.684. The molecule has 0 spiro atoms. The summed E-state index contributed by atoms with van der Waals surface area (Å²) in [6.07, 6.45) is 9.95. The molecule has 0 aromatic rings. The predicted molar refractivity (Wildman–Crippen MR) is 97.2 cm³/mol. The minimum absolute atomic E-state index is 0.0184. The Morgan fingerprint density at radius 3 is 1.35 bits per heavy atom. The van der Waals surface area contributed by atoms with Crippen LogP contribution in [0.3, 0.4) is 0 Å². The van der Waals surface area contributed by atoms with Crippen LogP contribution in [0.2, 0.25) is 0 Å². The molecule has 0 atom stereocenters. The highest BCUT2D eigenvalue weighted by atomic mass is 16.2. The molecule has 0 aliphatic rings. The van der Waals surface area contributed by atoms with Gasteiger partial charge in [-0.15, -0.1) is 0 Å². The van der Waals surface area contributed by atoms with E-state index < -0.39 is 0 Å². The van der Waals surface area contributed by atoms with Crippen molar-refractivity contribution in [2.45, 2.75) is 58.8 Å². The van der Waals surface area contributed by atoms with E-state index in [4.69, 9.17) is 0 Å². The lowest BCUT2D eigenvalue weighted by molar-refractivity contribution is -0.126. The molecule has 0 aromatic heterocycles. The van der Waals surface area contributed by atoms with Crippen LogP contribution in [-0.4, -0.2) is 47.8 Å². The van der Waals surface area contributed by atoms with E-state index in [0.29, 0.717) is 0 Å². The highest BCUT2D eigenvalue weighted by Gasteiger charge is 2.11. The van der Waals surface area contributed by atoms with Crippen molar-refractivity contribution in [1.82, 2.24) is 9.80 Å². The Bertz CT molecular complexity index is 332. The molecule has 0 N–H and O–H groups in total. The van der Waals surface area contributed by atoms with Gasteiger partial charge < -0.3 is 9.80 Å². The van der Waals surface area contributed by atoms with E-state index >= 15 is 0 Å². The molecular formula is C19H34N2O2. The molecule has 0 aliphatic heterocycles. The van der Waals surface area contributed by atoms with Gasteiger partial charge in [-0.1, -0.05) is 39.8 Å². The van der Waals surface area contributed by atoms with E-state index in [9.17, 15) is 9.59 Å². The van der Waals surface area contributed by atoms with Crippen LogP contribution in [-0.2, 0) is 9.59 Å². The third-order valence-corrected chi connectivity index (χ3v) is 3.89. The van der Waals surface area contributed by atoms with Crippen molar-refractivity contribution in [2.24, 2.45) is 0 Å². The molecule has 23 heavy (non-hydrogen) atoms. The Hall–Kier alpha value is -1.58. The number of nitrogens with zero attached hydrogens (tertiary/aromatic N) is 2. The molecule has 4 heteroatoms. The summed E-state index contributed by atoms with van der Waals surface area (Å²) in [7, 11) is 0. The number of amides is 2. The van der Waals surface area contributed by atoms with Gasteiger partial charge in [-0.3, -0.25) is 9.59 Å². The van der Waals surface area contributed by atoms with Gasteiger partial charge in [0.05, 0.1) is 0 Å². The lowest BCUT2D eigenvalue weighted by Crippen LogP contribution is -2.32. The first-order chi connectivity index (χ1) is 11.1. The molecule has 2 amide bonds. The molecule has 0 heterocycles. The van der Waals surface area contributed by atoms with Crippen LogP contribution in [0.1, 0.15) is 58.8 Å². The Morgan fingerprint density at radius 2 is 1.04 bits per heavy atom. The first-order valence-electron chi connectivity index (χ1n) is 8.93. The molecule has 0 unspecified atom stereocenters. The van der Waals surface area contributed by atoms with Crippen molar-refractivity contribution in [3.8, 4) is 0 Å². The predicted octanol–water partition coefficient (Wildman–Crippen LogP) is 3.79. The standard InChI is InChI=1S/C19H34N2O2/c1-5-9-14-20(18(22)7-3)16-12-11-13-17-21(15-10-6-2)19(23)8-4/h7-8H,3-6,9-17H2,1-2H3. The number of hydrogen-bond acceptors (Lipinski definition) is 2. The smallest absolute Gasteiger partial charge is 0.245 e. The van der Waals surface area contributed by atoms with Gasteiger partial charge in [0.15, 0.2) is 0 Å². The first kappa shape index (κ1) is 21.4. The van der Waals surface area contributed by atoms with E-state index in [1.54, 1.807) is 0 Å². The molecule has 132 valence electrons. The minimum Gasteiger partial charge on any atom is -0.339 e. The Labute approximate surface area is 142 Å². The average molecular weight is 322 g/mol. The number of carbonyl (C=O) groups excluding carboxylic acids is 2. The van der Waals surface area contributed by atoms with Gasteiger partial charge >= 0.3 is 0 Å². The highest BCUT2D eigenvalue weighted by molar-refractivity contribution is 5.87. The summed E-state index contributed by atoms with van der Waals surface area (Å²) in [5.74, 6) is 0.0368. The van der Waals surface area contributed by atoms with Crippen LogP contribution in [0.5, 0.6) is 0 Å². The van der Waals surface area contributed by atoms with E-state index in [-0.39, 0.29) is 11.8 Å². The Balaban J connectivity index is 4.09. The topological polar surface area (TPSA) is 40.6 Å². The van der Waals surface area contributed by atoms with Crippen molar-refractivity contribution >= 4 is 11.8 Å². The summed E-state index contributed by atoms with van der Waals surface area (Å²) in [6, 6.07) is 0. The monoisotopic (exact) mass is 322 g/mol. The van der Waals surface area contributed by atoms with Crippen LogP contribution in [0.15, 0.2) is 25.3 Å². The fourth-order valence-electron chi connectivity index (χ4n) is 2.40. The number of rotatable bonds is 14. The molecule has 4 nitrogen and oxygen atoms in total. The van der Waals surface area contributed by atoms with Gasteiger partial charge in [0, 0.05) is 26.2 Å². The lowest BCUT2D eigenvalue weighted by Gasteiger charge is -2.22. The Kier molecular flexibility index (Phi) is 13.1. The van der Waals surface area contributed by atoms with Crippen LogP contribution in [0.25, 0.3) is 0 Å². The molecule has 0 saturated heterocycles. The van der Waals surface area contributed by atoms with Crippen molar-refractivity contribution < 1.29 is 9.59 Å². The summed E-state index contributed by atoms with van der Waals surface area (Å²) in [5.41, 5.74) is 0. The quantitative estimate of drug-likeness (QED) is 0.361. The van der Waals surface area contributed by atoms with Crippen molar-refractivity contribution in [2.75, 3.05) is 26.2 Å². The maximum atomic E-state index is 11.8. The Morgan fingerprint density at radius 1 is 0.696 bits per heavy atom. The van der Waals surface area contributed by atoms with Gasteiger partial charge in [0.2, 0.25) is 11.8 Å². The molecular weight excluding hydrogens is 288 g/mol. The lowest BCUT2D eigenvalue weighted by atomic mass is 10.2. The number of carbonyl (C=O) groups is 2. The molecule has 0 radical (unpaired) electrons. The maximum Gasteiger partial charge on any atom is 0.245 e.